The molecule has 0 fully saturated rings. The van der Waals surface area contributed by atoms with Gasteiger partial charge in [-0.25, -0.2) is 4.57 Å². The monoisotopic (exact) mass is 600 g/mol. The second-order valence-corrected chi connectivity index (χ2v) is 11.8. The molecule has 2 unspecified atom stereocenters. The Morgan fingerprint density at radius 2 is 1.59 bits per heavy atom. The van der Waals surface area contributed by atoms with Crippen molar-refractivity contribution in [1.82, 2.24) is 0 Å². The highest BCUT2D eigenvalue weighted by molar-refractivity contribution is 7.47. The second kappa shape index (κ2) is 23.3. The van der Waals surface area contributed by atoms with Gasteiger partial charge < -0.3 is 24.0 Å². The van der Waals surface area contributed by atoms with Gasteiger partial charge in [0.05, 0.1) is 33.9 Å². The second-order valence-electron chi connectivity index (χ2n) is 10.3. The van der Waals surface area contributed by atoms with Gasteiger partial charge in [0.15, 0.2) is 6.10 Å². The lowest BCUT2D eigenvalue weighted by Gasteiger charge is -2.24. The molecule has 0 saturated heterocycles. The van der Waals surface area contributed by atoms with E-state index in [4.69, 9.17) is 18.5 Å². The normalized spacial score (nSPS) is 15.8. The number of hydrogen-bond donors (Lipinski definition) is 2. The quantitative estimate of drug-likeness (QED) is 0.0406. The number of phosphoric ester groups is 1. The van der Waals surface area contributed by atoms with E-state index in [-0.39, 0.29) is 19.6 Å². The number of esters is 2. The zero-order valence-corrected chi connectivity index (χ0v) is 26.2. The standard InChI is InChI=1S/C30H50NO9P/c1-6-7-20-28(33)21-18-16-14-12-10-8-9-11-13-15-17-19-22-30(34)37-25-29(40-27(2)32)26-39-41(35,36)38-24-23-31(3,4)5/h7-9,12-16,18,20,28-29,33H,6,10-11,17,19,21-26H2,1-5H3/p+1/b9-8-,14-12-,15-13-,18-16+,20-7-/t28?,29-/m1/s1. The van der Waals surface area contributed by atoms with Crippen molar-refractivity contribution >= 4 is 19.8 Å². The molecule has 0 amide bonds. The molecule has 0 aromatic rings. The molecule has 0 aliphatic rings. The maximum atomic E-state index is 12.1. The number of unbranched alkanes of at least 4 members (excludes halogenated alkanes) is 1. The average molecular weight is 601 g/mol. The minimum Gasteiger partial charge on any atom is -0.462 e. The third kappa shape index (κ3) is 27.6. The van der Waals surface area contributed by atoms with Crippen LogP contribution in [0, 0.1) is 0 Å². The number of phosphoric acid groups is 1. The fourth-order valence-electron chi connectivity index (χ4n) is 3.01. The number of ether oxygens (including phenoxy) is 2. The number of rotatable bonds is 23. The predicted molar refractivity (Wildman–Crippen MR) is 161 cm³/mol. The van der Waals surface area contributed by atoms with Crippen LogP contribution in [0.1, 0.15) is 58.8 Å². The van der Waals surface area contributed by atoms with Crippen LogP contribution in [-0.2, 0) is 32.7 Å². The fourth-order valence-corrected chi connectivity index (χ4v) is 3.75. The van der Waals surface area contributed by atoms with Crippen LogP contribution < -0.4 is 0 Å². The van der Waals surface area contributed by atoms with Crippen LogP contribution in [0.3, 0.4) is 0 Å². The molecule has 0 aliphatic carbocycles. The molecule has 0 aliphatic heterocycles. The van der Waals surface area contributed by atoms with Crippen molar-refractivity contribution in [2.45, 2.75) is 71.0 Å². The third-order valence-corrected chi connectivity index (χ3v) is 6.17. The highest BCUT2D eigenvalue weighted by atomic mass is 31.2. The predicted octanol–water partition coefficient (Wildman–Crippen LogP) is 5.19. The van der Waals surface area contributed by atoms with Gasteiger partial charge in [0.1, 0.15) is 19.8 Å². The minimum atomic E-state index is -4.34. The molecule has 234 valence electrons. The lowest BCUT2D eigenvalue weighted by Crippen LogP contribution is -2.37. The van der Waals surface area contributed by atoms with Gasteiger partial charge in [0, 0.05) is 13.3 Å². The van der Waals surface area contributed by atoms with Gasteiger partial charge in [0.25, 0.3) is 0 Å². The van der Waals surface area contributed by atoms with E-state index in [0.29, 0.717) is 30.3 Å². The van der Waals surface area contributed by atoms with Gasteiger partial charge in [-0.05, 0) is 38.5 Å². The Hall–Kier alpha value is -2.33. The number of aliphatic hydroxyl groups excluding tert-OH is 1. The Labute approximate surface area is 246 Å². The van der Waals surface area contributed by atoms with E-state index >= 15 is 0 Å². The average Bonchev–Trinajstić information content (AvgIpc) is 2.88. The van der Waals surface area contributed by atoms with Crippen molar-refractivity contribution in [3.05, 3.63) is 60.8 Å². The van der Waals surface area contributed by atoms with E-state index in [1.807, 2.05) is 76.7 Å². The fraction of sp³-hybridized carbons (Fsp3) is 0.600. The van der Waals surface area contributed by atoms with E-state index in [1.165, 1.54) is 6.92 Å². The number of carbonyl (C=O) groups is 2. The van der Waals surface area contributed by atoms with Crippen LogP contribution in [0.25, 0.3) is 0 Å². The minimum absolute atomic E-state index is 0.00916. The number of quaternary nitrogens is 1. The molecular formula is C30H51NO9P+. The molecule has 0 aromatic heterocycles. The van der Waals surface area contributed by atoms with Crippen LogP contribution in [0.2, 0.25) is 0 Å². The van der Waals surface area contributed by atoms with Crippen molar-refractivity contribution < 1.29 is 47.2 Å². The third-order valence-electron chi connectivity index (χ3n) is 5.19. The Balaban J connectivity index is 4.14. The molecule has 0 aromatic carbocycles. The Morgan fingerprint density at radius 1 is 0.927 bits per heavy atom. The summed E-state index contributed by atoms with van der Waals surface area (Å²) in [5, 5.41) is 9.69. The summed E-state index contributed by atoms with van der Waals surface area (Å²) < 4.78 is 32.6. The number of hydrogen-bond acceptors (Lipinski definition) is 8. The summed E-state index contributed by atoms with van der Waals surface area (Å²) in [6.45, 7) is 2.98. The Morgan fingerprint density at radius 3 is 2.24 bits per heavy atom. The van der Waals surface area contributed by atoms with Crippen LogP contribution >= 0.6 is 7.82 Å². The molecule has 10 nitrogen and oxygen atoms in total. The van der Waals surface area contributed by atoms with E-state index in [9.17, 15) is 24.2 Å². The van der Waals surface area contributed by atoms with Crippen LogP contribution in [0.15, 0.2) is 60.8 Å². The summed E-state index contributed by atoms with van der Waals surface area (Å²) in [5.41, 5.74) is 0. The van der Waals surface area contributed by atoms with Gasteiger partial charge in [-0.2, -0.15) is 0 Å². The van der Waals surface area contributed by atoms with E-state index in [2.05, 4.69) is 12.2 Å². The summed E-state index contributed by atoms with van der Waals surface area (Å²) in [7, 11) is 1.39. The molecule has 0 spiro atoms. The highest BCUT2D eigenvalue weighted by Gasteiger charge is 2.26. The maximum absolute atomic E-state index is 12.1. The molecule has 0 rings (SSSR count). The van der Waals surface area contributed by atoms with Crippen molar-refractivity contribution in [2.24, 2.45) is 0 Å². The number of likely N-dealkylation sites (N-methyl/N-ethyl adjacent to an activating group) is 1. The number of nitrogens with zero attached hydrogens (tertiary/aromatic N) is 1. The summed E-state index contributed by atoms with van der Waals surface area (Å²) in [4.78, 5) is 33.2. The van der Waals surface area contributed by atoms with Gasteiger partial charge >= 0.3 is 19.8 Å². The van der Waals surface area contributed by atoms with Crippen molar-refractivity contribution in [2.75, 3.05) is 47.5 Å². The molecule has 0 bridgehead atoms. The van der Waals surface area contributed by atoms with Crippen molar-refractivity contribution in [3.8, 4) is 0 Å². The van der Waals surface area contributed by atoms with Crippen molar-refractivity contribution in [3.63, 3.8) is 0 Å². The zero-order valence-electron chi connectivity index (χ0n) is 25.4. The topological polar surface area (TPSA) is 129 Å². The number of carbonyl (C=O) groups excluding carboxylic acids is 2. The van der Waals surface area contributed by atoms with Crippen LogP contribution in [0.5, 0.6) is 0 Å². The summed E-state index contributed by atoms with van der Waals surface area (Å²) in [5.74, 6) is -1.10. The molecule has 0 saturated carbocycles. The van der Waals surface area contributed by atoms with Crippen LogP contribution in [0.4, 0.5) is 0 Å². The molecular weight excluding hydrogens is 549 g/mol. The highest BCUT2D eigenvalue weighted by Crippen LogP contribution is 2.43. The summed E-state index contributed by atoms with van der Waals surface area (Å²) in [6.07, 6.45) is 23.0. The van der Waals surface area contributed by atoms with E-state index < -0.39 is 38.6 Å². The van der Waals surface area contributed by atoms with Gasteiger partial charge in [-0.3, -0.25) is 18.6 Å². The molecule has 3 atom stereocenters. The molecule has 41 heavy (non-hydrogen) atoms. The molecule has 0 heterocycles. The first-order valence-corrected chi connectivity index (χ1v) is 15.6. The Bertz CT molecular complexity index is 919. The van der Waals surface area contributed by atoms with Crippen LogP contribution in [-0.4, -0.2) is 86.1 Å². The lowest BCUT2D eigenvalue weighted by molar-refractivity contribution is -0.870. The molecule has 11 heteroatoms. The summed E-state index contributed by atoms with van der Waals surface area (Å²) >= 11 is 0. The zero-order chi connectivity index (χ0) is 31.0. The first-order chi connectivity index (χ1) is 19.3. The van der Waals surface area contributed by atoms with Gasteiger partial charge in [-0.1, -0.05) is 67.7 Å². The SMILES string of the molecule is CC/C=C\C(O)C/C=C/C=C\C/C=C\C/C=C\CCCC(=O)OC[C@H](COP(=O)(O)OCC[N+](C)(C)C)OC(C)=O. The van der Waals surface area contributed by atoms with Gasteiger partial charge in [0.2, 0.25) is 0 Å². The van der Waals surface area contributed by atoms with Gasteiger partial charge in [-0.15, -0.1) is 0 Å². The first-order valence-electron chi connectivity index (χ1n) is 14.1. The Kier molecular flexibility index (Phi) is 21.9. The van der Waals surface area contributed by atoms with E-state index in [1.54, 1.807) is 0 Å². The van der Waals surface area contributed by atoms with Crippen molar-refractivity contribution in [1.29, 1.82) is 0 Å². The molecule has 0 radical (unpaired) electrons. The largest absolute Gasteiger partial charge is 0.472 e. The smallest absolute Gasteiger partial charge is 0.462 e. The van der Waals surface area contributed by atoms with E-state index in [0.717, 1.165) is 19.3 Å². The lowest BCUT2D eigenvalue weighted by atomic mass is 10.2. The maximum Gasteiger partial charge on any atom is 0.472 e. The summed E-state index contributed by atoms with van der Waals surface area (Å²) in [6, 6.07) is 0. The first kappa shape index (κ1) is 38.7. The number of aliphatic hydroxyl groups is 1. The molecule has 2 N–H and O–H groups in total. The number of allylic oxidation sites excluding steroid dienone is 8.